The maximum atomic E-state index is 12.7. The number of piperidine rings is 1. The first-order valence-electron chi connectivity index (χ1n) is 9.67. The Kier molecular flexibility index (Phi) is 5.16. The summed E-state index contributed by atoms with van der Waals surface area (Å²) in [5.41, 5.74) is 2.74. The number of para-hydroxylation sites is 1. The van der Waals surface area contributed by atoms with E-state index in [0.717, 1.165) is 24.1 Å². The Morgan fingerprint density at radius 3 is 2.48 bits per heavy atom. The number of amides is 1. The number of hydrogen-bond donors (Lipinski definition) is 1. The van der Waals surface area contributed by atoms with Crippen LogP contribution in [0.2, 0.25) is 0 Å². The van der Waals surface area contributed by atoms with Crippen LogP contribution in [0.5, 0.6) is 0 Å². The summed E-state index contributed by atoms with van der Waals surface area (Å²) in [4.78, 5) is 25.8. The van der Waals surface area contributed by atoms with E-state index in [-0.39, 0.29) is 17.5 Å². The van der Waals surface area contributed by atoms with Gasteiger partial charge in [0, 0.05) is 19.3 Å². The molecule has 0 spiro atoms. The summed E-state index contributed by atoms with van der Waals surface area (Å²) in [7, 11) is 0. The summed E-state index contributed by atoms with van der Waals surface area (Å²) in [6.07, 6.45) is 6.87. The van der Waals surface area contributed by atoms with Crippen molar-refractivity contribution in [3.8, 4) is 5.69 Å². The van der Waals surface area contributed by atoms with E-state index in [9.17, 15) is 14.7 Å². The zero-order valence-corrected chi connectivity index (χ0v) is 16.2. The van der Waals surface area contributed by atoms with E-state index in [4.69, 9.17) is 0 Å². The van der Waals surface area contributed by atoms with E-state index < -0.39 is 5.97 Å². The number of hydrogen-bond acceptors (Lipinski definition) is 4. The number of carbonyl (C=O) groups excluding carboxylic acids is 1. The van der Waals surface area contributed by atoms with E-state index >= 15 is 0 Å². The van der Waals surface area contributed by atoms with Gasteiger partial charge in [-0.15, -0.1) is 0 Å². The summed E-state index contributed by atoms with van der Waals surface area (Å²) >= 11 is 0. The third kappa shape index (κ3) is 3.91. The zero-order chi connectivity index (χ0) is 20.4. The Morgan fingerprint density at radius 2 is 1.83 bits per heavy atom. The van der Waals surface area contributed by atoms with Crippen molar-refractivity contribution in [2.24, 2.45) is 0 Å². The van der Waals surface area contributed by atoms with Gasteiger partial charge in [-0.1, -0.05) is 18.2 Å². The van der Waals surface area contributed by atoms with Crippen LogP contribution in [0.15, 0.2) is 48.9 Å². The van der Waals surface area contributed by atoms with Crippen molar-refractivity contribution in [2.75, 3.05) is 13.1 Å². The fourth-order valence-electron chi connectivity index (χ4n) is 3.82. The molecule has 0 bridgehead atoms. The number of carbonyl (C=O) groups is 2. The molecular formula is C21H23N5O3. The van der Waals surface area contributed by atoms with Gasteiger partial charge in [-0.3, -0.25) is 9.48 Å². The first-order valence-corrected chi connectivity index (χ1v) is 9.67. The van der Waals surface area contributed by atoms with E-state index in [1.165, 1.54) is 6.20 Å². The summed E-state index contributed by atoms with van der Waals surface area (Å²) in [6, 6.07) is 9.91. The van der Waals surface area contributed by atoms with Gasteiger partial charge in [0.25, 0.3) is 0 Å². The first kappa shape index (κ1) is 18.9. The lowest BCUT2D eigenvalue weighted by molar-refractivity contribution is -0.131. The molecule has 1 aliphatic rings. The van der Waals surface area contributed by atoms with Crippen LogP contribution in [-0.2, 0) is 11.2 Å². The van der Waals surface area contributed by atoms with Gasteiger partial charge in [-0.05, 0) is 37.5 Å². The van der Waals surface area contributed by atoms with Crippen LogP contribution >= 0.6 is 0 Å². The second-order valence-electron chi connectivity index (χ2n) is 7.31. The van der Waals surface area contributed by atoms with Crippen molar-refractivity contribution >= 4 is 11.9 Å². The van der Waals surface area contributed by atoms with Gasteiger partial charge in [0.05, 0.1) is 36.2 Å². The van der Waals surface area contributed by atoms with Crippen molar-refractivity contribution in [1.29, 1.82) is 0 Å². The molecule has 1 fully saturated rings. The molecule has 4 rings (SSSR count). The van der Waals surface area contributed by atoms with Crippen molar-refractivity contribution in [2.45, 2.75) is 32.2 Å². The number of likely N-dealkylation sites (tertiary alicyclic amines) is 1. The second kappa shape index (κ2) is 7.90. The van der Waals surface area contributed by atoms with Crippen LogP contribution < -0.4 is 0 Å². The molecule has 0 aliphatic carbocycles. The smallest absolute Gasteiger partial charge is 0.339 e. The molecule has 2 aromatic heterocycles. The number of nitrogens with zero attached hydrogens (tertiary/aromatic N) is 5. The van der Waals surface area contributed by atoms with Gasteiger partial charge < -0.3 is 10.0 Å². The molecule has 1 amide bonds. The van der Waals surface area contributed by atoms with Crippen molar-refractivity contribution in [3.05, 3.63) is 65.7 Å². The molecule has 8 heteroatoms. The van der Waals surface area contributed by atoms with E-state index in [1.807, 2.05) is 41.4 Å². The lowest BCUT2D eigenvalue weighted by atomic mass is 10.0. The highest BCUT2D eigenvalue weighted by Gasteiger charge is 2.26. The van der Waals surface area contributed by atoms with Gasteiger partial charge >= 0.3 is 5.97 Å². The predicted molar refractivity (Wildman–Crippen MR) is 106 cm³/mol. The molecule has 0 unspecified atom stereocenters. The van der Waals surface area contributed by atoms with Crippen LogP contribution in [0.1, 0.15) is 40.5 Å². The second-order valence-corrected chi connectivity index (χ2v) is 7.31. The summed E-state index contributed by atoms with van der Waals surface area (Å²) in [5.74, 6) is -0.878. The molecule has 1 N–H and O–H groups in total. The Labute approximate surface area is 168 Å². The molecule has 0 saturated carbocycles. The Balaban J connectivity index is 1.35. The number of aromatic carboxylic acids is 1. The average molecular weight is 393 g/mol. The quantitative estimate of drug-likeness (QED) is 0.719. The van der Waals surface area contributed by atoms with Crippen LogP contribution in [0.4, 0.5) is 0 Å². The van der Waals surface area contributed by atoms with Crippen molar-refractivity contribution in [3.63, 3.8) is 0 Å². The molecule has 8 nitrogen and oxygen atoms in total. The SMILES string of the molecule is Cc1c(C(=O)O)cnn1C1CCN(C(=O)Cc2cnn(-c3ccccc3)c2)CC1. The molecule has 150 valence electrons. The van der Waals surface area contributed by atoms with Gasteiger partial charge in [0.15, 0.2) is 0 Å². The molecule has 1 aliphatic heterocycles. The third-order valence-corrected chi connectivity index (χ3v) is 5.45. The fourth-order valence-corrected chi connectivity index (χ4v) is 3.82. The predicted octanol–water partition coefficient (Wildman–Crippen LogP) is 2.48. The van der Waals surface area contributed by atoms with Crippen LogP contribution in [0.25, 0.3) is 5.69 Å². The molecule has 29 heavy (non-hydrogen) atoms. The number of carboxylic acid groups (broad SMARTS) is 1. The maximum absolute atomic E-state index is 12.7. The molecule has 0 atom stereocenters. The fraction of sp³-hybridized carbons (Fsp3) is 0.333. The van der Waals surface area contributed by atoms with Gasteiger partial charge in [0.2, 0.25) is 5.91 Å². The summed E-state index contributed by atoms with van der Waals surface area (Å²) < 4.78 is 3.56. The molecule has 1 aromatic carbocycles. The minimum atomic E-state index is -0.961. The third-order valence-electron chi connectivity index (χ3n) is 5.45. The first-order chi connectivity index (χ1) is 14.0. The summed E-state index contributed by atoms with van der Waals surface area (Å²) in [6.45, 7) is 3.05. The number of rotatable bonds is 5. The Bertz CT molecular complexity index is 1020. The normalized spacial score (nSPS) is 14.9. The highest BCUT2D eigenvalue weighted by atomic mass is 16.4. The monoisotopic (exact) mass is 393 g/mol. The average Bonchev–Trinajstić information content (AvgIpc) is 3.35. The molecule has 0 radical (unpaired) electrons. The van der Waals surface area contributed by atoms with Gasteiger partial charge in [-0.2, -0.15) is 10.2 Å². The zero-order valence-electron chi connectivity index (χ0n) is 16.2. The lowest BCUT2D eigenvalue weighted by Crippen LogP contribution is -2.40. The molecule has 1 saturated heterocycles. The van der Waals surface area contributed by atoms with Crippen LogP contribution in [0.3, 0.4) is 0 Å². The number of benzene rings is 1. The van der Waals surface area contributed by atoms with E-state index in [0.29, 0.717) is 25.2 Å². The van der Waals surface area contributed by atoms with E-state index in [2.05, 4.69) is 10.2 Å². The largest absolute Gasteiger partial charge is 0.478 e. The number of carboxylic acids is 1. The van der Waals surface area contributed by atoms with Crippen molar-refractivity contribution in [1.82, 2.24) is 24.5 Å². The minimum Gasteiger partial charge on any atom is -0.478 e. The standard InChI is InChI=1S/C21H23N5O3/c1-15-19(21(28)29)13-23-26(15)18-7-9-24(10-8-18)20(27)11-16-12-22-25(14-16)17-5-3-2-4-6-17/h2-6,12-14,18H,7-11H2,1H3,(H,28,29). The summed E-state index contributed by atoms with van der Waals surface area (Å²) in [5, 5.41) is 17.8. The molecule has 3 heterocycles. The van der Waals surface area contributed by atoms with Crippen LogP contribution in [-0.4, -0.2) is 54.5 Å². The molecular weight excluding hydrogens is 370 g/mol. The van der Waals surface area contributed by atoms with Crippen LogP contribution in [0, 0.1) is 6.92 Å². The highest BCUT2D eigenvalue weighted by molar-refractivity contribution is 5.88. The van der Waals surface area contributed by atoms with Gasteiger partial charge in [0.1, 0.15) is 5.56 Å². The Hall–Kier alpha value is -3.42. The van der Waals surface area contributed by atoms with Crippen molar-refractivity contribution < 1.29 is 14.7 Å². The Morgan fingerprint density at radius 1 is 1.10 bits per heavy atom. The van der Waals surface area contributed by atoms with Gasteiger partial charge in [-0.25, -0.2) is 9.48 Å². The lowest BCUT2D eigenvalue weighted by Gasteiger charge is -2.32. The van der Waals surface area contributed by atoms with E-state index in [1.54, 1.807) is 22.5 Å². The highest BCUT2D eigenvalue weighted by Crippen LogP contribution is 2.25. The minimum absolute atomic E-state index is 0.0828. The number of aromatic nitrogens is 4. The molecule has 3 aromatic rings. The maximum Gasteiger partial charge on any atom is 0.339 e. The topological polar surface area (TPSA) is 93.2 Å².